The number of benzene rings is 1. The average Bonchev–Trinajstić information content (AvgIpc) is 2.21. The molecule has 1 nitrogen and oxygen atoms in total. The summed E-state index contributed by atoms with van der Waals surface area (Å²) in [6, 6.07) is 8.60. The summed E-state index contributed by atoms with van der Waals surface area (Å²) in [5.41, 5.74) is 2.63. The van der Waals surface area contributed by atoms with Crippen LogP contribution in [0.15, 0.2) is 24.3 Å². The third-order valence-electron chi connectivity index (χ3n) is 2.81. The van der Waals surface area contributed by atoms with E-state index in [1.165, 1.54) is 11.1 Å². The van der Waals surface area contributed by atoms with Gasteiger partial charge >= 0.3 is 0 Å². The minimum Gasteiger partial charge on any atom is -0.300 e. The number of hydrogen-bond donors (Lipinski definition) is 0. The van der Waals surface area contributed by atoms with Crippen LogP contribution in [-0.2, 0) is 11.2 Å². The molecule has 0 N–H and O–H groups in total. The van der Waals surface area contributed by atoms with Gasteiger partial charge in [0.2, 0.25) is 0 Å². The first-order valence-electron chi connectivity index (χ1n) is 6.19. The Morgan fingerprint density at radius 3 is 2.44 bits per heavy atom. The number of aryl methyl sites for hydroxylation is 1. The van der Waals surface area contributed by atoms with E-state index in [0.717, 1.165) is 25.7 Å². The van der Waals surface area contributed by atoms with Crippen LogP contribution in [0.5, 0.6) is 0 Å². The van der Waals surface area contributed by atoms with Crippen LogP contribution in [0.25, 0.3) is 0 Å². The number of rotatable bonds is 6. The van der Waals surface area contributed by atoms with Crippen LogP contribution in [0.2, 0.25) is 0 Å². The molecule has 0 aliphatic rings. The van der Waals surface area contributed by atoms with Gasteiger partial charge in [-0.25, -0.2) is 0 Å². The second kappa shape index (κ2) is 6.47. The van der Waals surface area contributed by atoms with Crippen molar-refractivity contribution in [2.75, 3.05) is 0 Å². The van der Waals surface area contributed by atoms with Gasteiger partial charge in [-0.3, -0.25) is 4.79 Å². The Kier molecular flexibility index (Phi) is 5.24. The summed E-state index contributed by atoms with van der Waals surface area (Å²) in [6.07, 6.45) is 3.44. The fraction of sp³-hybridized carbons (Fsp3) is 0.533. The lowest BCUT2D eigenvalue weighted by Crippen LogP contribution is -2.07. The molecule has 0 spiro atoms. The van der Waals surface area contributed by atoms with Gasteiger partial charge in [0.1, 0.15) is 5.78 Å². The molecule has 0 amide bonds. The van der Waals surface area contributed by atoms with E-state index >= 15 is 0 Å². The van der Waals surface area contributed by atoms with Crippen LogP contribution >= 0.6 is 0 Å². The predicted molar refractivity (Wildman–Crippen MR) is 68.6 cm³/mol. The molecule has 1 aromatic rings. The zero-order valence-corrected chi connectivity index (χ0v) is 10.6. The minimum absolute atomic E-state index is 0.405. The third-order valence-corrected chi connectivity index (χ3v) is 2.81. The summed E-state index contributed by atoms with van der Waals surface area (Å²) in [7, 11) is 0. The first-order chi connectivity index (χ1) is 7.61. The molecule has 0 saturated carbocycles. The first kappa shape index (κ1) is 13.0. The van der Waals surface area contributed by atoms with Crippen LogP contribution in [0.4, 0.5) is 0 Å². The van der Waals surface area contributed by atoms with Gasteiger partial charge in [-0.05, 0) is 31.2 Å². The molecule has 0 bridgehead atoms. The van der Waals surface area contributed by atoms with E-state index in [0.29, 0.717) is 11.7 Å². The van der Waals surface area contributed by atoms with Crippen LogP contribution in [-0.4, -0.2) is 5.78 Å². The number of hydrogen-bond acceptors (Lipinski definition) is 1. The van der Waals surface area contributed by atoms with E-state index in [2.05, 4.69) is 45.0 Å². The Morgan fingerprint density at radius 1 is 1.25 bits per heavy atom. The summed E-state index contributed by atoms with van der Waals surface area (Å²) in [5, 5.41) is 0. The van der Waals surface area contributed by atoms with Gasteiger partial charge in [-0.1, -0.05) is 43.7 Å². The zero-order valence-electron chi connectivity index (χ0n) is 10.6. The highest BCUT2D eigenvalue weighted by molar-refractivity contribution is 5.78. The molecule has 0 radical (unpaired) electrons. The van der Waals surface area contributed by atoms with Gasteiger partial charge in [-0.2, -0.15) is 0 Å². The van der Waals surface area contributed by atoms with Gasteiger partial charge in [0.25, 0.3) is 0 Å². The van der Waals surface area contributed by atoms with Crippen molar-refractivity contribution in [3.8, 4) is 0 Å². The molecular formula is C15H22O. The van der Waals surface area contributed by atoms with Crippen molar-refractivity contribution in [2.45, 2.75) is 46.5 Å². The van der Waals surface area contributed by atoms with E-state index < -0.39 is 0 Å². The fourth-order valence-electron chi connectivity index (χ4n) is 1.97. The van der Waals surface area contributed by atoms with Crippen molar-refractivity contribution >= 4 is 5.78 Å². The van der Waals surface area contributed by atoms with E-state index in [1.807, 2.05) is 0 Å². The lowest BCUT2D eigenvalue weighted by molar-refractivity contribution is -0.119. The Hall–Kier alpha value is -1.11. The van der Waals surface area contributed by atoms with Gasteiger partial charge in [0.05, 0.1) is 0 Å². The normalized spacial score (nSPS) is 12.4. The minimum atomic E-state index is 0.405. The van der Waals surface area contributed by atoms with E-state index in [-0.39, 0.29) is 0 Å². The average molecular weight is 218 g/mol. The summed E-state index contributed by atoms with van der Waals surface area (Å²) in [4.78, 5) is 11.5. The van der Waals surface area contributed by atoms with Gasteiger partial charge in [0, 0.05) is 12.8 Å². The monoisotopic (exact) mass is 218 g/mol. The SMILES string of the molecule is CCCC(=O)CC(C)Cc1ccc(C)cc1. The summed E-state index contributed by atoms with van der Waals surface area (Å²) >= 11 is 0. The molecule has 0 saturated heterocycles. The first-order valence-corrected chi connectivity index (χ1v) is 6.19. The van der Waals surface area contributed by atoms with E-state index in [1.54, 1.807) is 0 Å². The smallest absolute Gasteiger partial charge is 0.133 e. The number of Topliss-reactive ketones (excluding diaryl/α,β-unsaturated/α-hetero) is 1. The lowest BCUT2D eigenvalue weighted by atomic mass is 9.94. The van der Waals surface area contributed by atoms with Crippen molar-refractivity contribution in [2.24, 2.45) is 5.92 Å². The van der Waals surface area contributed by atoms with Crippen molar-refractivity contribution < 1.29 is 4.79 Å². The Labute approximate surface area is 98.9 Å². The molecular weight excluding hydrogens is 196 g/mol. The van der Waals surface area contributed by atoms with Crippen molar-refractivity contribution in [3.63, 3.8) is 0 Å². The topological polar surface area (TPSA) is 17.1 Å². The number of carbonyl (C=O) groups excluding carboxylic acids is 1. The quantitative estimate of drug-likeness (QED) is 0.707. The Bertz CT molecular complexity index is 324. The maximum atomic E-state index is 11.5. The van der Waals surface area contributed by atoms with Gasteiger partial charge in [0.15, 0.2) is 0 Å². The standard InChI is InChI=1S/C15H22O/c1-4-5-15(16)11-13(3)10-14-8-6-12(2)7-9-14/h6-9,13H,4-5,10-11H2,1-3H3. The molecule has 1 atom stereocenters. The molecule has 0 aliphatic heterocycles. The highest BCUT2D eigenvalue weighted by Gasteiger charge is 2.08. The number of ketones is 1. The molecule has 1 unspecified atom stereocenters. The van der Waals surface area contributed by atoms with Crippen LogP contribution in [0.1, 0.15) is 44.2 Å². The van der Waals surface area contributed by atoms with Gasteiger partial charge in [-0.15, -0.1) is 0 Å². The van der Waals surface area contributed by atoms with Crippen LogP contribution in [0, 0.1) is 12.8 Å². The summed E-state index contributed by atoms with van der Waals surface area (Å²) in [5.74, 6) is 0.865. The van der Waals surface area contributed by atoms with Gasteiger partial charge < -0.3 is 0 Å². The molecule has 88 valence electrons. The predicted octanol–water partition coefficient (Wildman–Crippen LogP) is 3.93. The second-order valence-electron chi connectivity index (χ2n) is 4.79. The van der Waals surface area contributed by atoms with Crippen molar-refractivity contribution in [1.82, 2.24) is 0 Å². The molecule has 16 heavy (non-hydrogen) atoms. The number of carbonyl (C=O) groups is 1. The maximum Gasteiger partial charge on any atom is 0.133 e. The largest absolute Gasteiger partial charge is 0.300 e. The molecule has 1 aromatic carbocycles. The molecule has 1 heteroatoms. The molecule has 0 fully saturated rings. The Balaban J connectivity index is 2.42. The van der Waals surface area contributed by atoms with Crippen LogP contribution < -0.4 is 0 Å². The highest BCUT2D eigenvalue weighted by atomic mass is 16.1. The Morgan fingerprint density at radius 2 is 1.88 bits per heavy atom. The zero-order chi connectivity index (χ0) is 12.0. The van der Waals surface area contributed by atoms with Crippen molar-refractivity contribution in [3.05, 3.63) is 35.4 Å². The third kappa shape index (κ3) is 4.61. The summed E-state index contributed by atoms with van der Waals surface area (Å²) in [6.45, 7) is 6.31. The van der Waals surface area contributed by atoms with Crippen LogP contribution in [0.3, 0.4) is 0 Å². The highest BCUT2D eigenvalue weighted by Crippen LogP contribution is 2.14. The van der Waals surface area contributed by atoms with E-state index in [4.69, 9.17) is 0 Å². The van der Waals surface area contributed by atoms with Crippen molar-refractivity contribution in [1.29, 1.82) is 0 Å². The second-order valence-corrected chi connectivity index (χ2v) is 4.79. The molecule has 0 aromatic heterocycles. The molecule has 1 rings (SSSR count). The fourth-order valence-corrected chi connectivity index (χ4v) is 1.97. The summed E-state index contributed by atoms with van der Waals surface area (Å²) < 4.78 is 0. The van der Waals surface area contributed by atoms with E-state index in [9.17, 15) is 4.79 Å². The molecule has 0 heterocycles. The maximum absolute atomic E-state index is 11.5. The lowest BCUT2D eigenvalue weighted by Gasteiger charge is -2.10. The molecule has 0 aliphatic carbocycles.